The maximum Gasteiger partial charge on any atom is 0.253 e. The van der Waals surface area contributed by atoms with E-state index < -0.39 is 0 Å². The number of nitrogens with two attached hydrogens (primary N) is 1. The molecule has 6 heteroatoms. The lowest BCUT2D eigenvalue weighted by Gasteiger charge is -2.14. The lowest BCUT2D eigenvalue weighted by Crippen LogP contribution is -2.31. The second-order valence-electron chi connectivity index (χ2n) is 4.59. The van der Waals surface area contributed by atoms with E-state index >= 15 is 0 Å². The largest absolute Gasteiger partial charge is 0.368 e. The molecule has 3 N–H and O–H groups in total. The van der Waals surface area contributed by atoms with E-state index in [4.69, 9.17) is 12.2 Å². The molecule has 0 fully saturated rings. The van der Waals surface area contributed by atoms with E-state index in [-0.39, 0.29) is 11.9 Å². The van der Waals surface area contributed by atoms with E-state index in [2.05, 4.69) is 21.2 Å². The lowest BCUT2D eigenvalue weighted by molar-refractivity contribution is 0.0945. The molecule has 1 aliphatic rings. The van der Waals surface area contributed by atoms with Crippen molar-refractivity contribution in [3.8, 4) is 23.7 Å². The predicted molar refractivity (Wildman–Crippen MR) is 74.8 cm³/mol. The van der Waals surface area contributed by atoms with Crippen molar-refractivity contribution in [1.82, 2.24) is 19.9 Å². The summed E-state index contributed by atoms with van der Waals surface area (Å²) in [6.07, 6.45) is 7.78. The van der Waals surface area contributed by atoms with Crippen LogP contribution in [-0.4, -0.2) is 27.0 Å². The molecule has 100 valence electrons. The van der Waals surface area contributed by atoms with Crippen LogP contribution in [-0.2, 0) is 13.5 Å². The average Bonchev–Trinajstić information content (AvgIpc) is 2.78. The van der Waals surface area contributed by atoms with Crippen LogP contribution in [0.4, 0.5) is 5.95 Å². The van der Waals surface area contributed by atoms with Gasteiger partial charge in [-0.3, -0.25) is 4.79 Å². The molecule has 1 amide bonds. The van der Waals surface area contributed by atoms with Gasteiger partial charge in [0, 0.05) is 31.9 Å². The third-order valence-corrected chi connectivity index (χ3v) is 3.46. The van der Waals surface area contributed by atoms with Gasteiger partial charge in [0.15, 0.2) is 0 Å². The smallest absolute Gasteiger partial charge is 0.253 e. The Hall–Kier alpha value is -2.81. The van der Waals surface area contributed by atoms with Crippen molar-refractivity contribution in [2.45, 2.75) is 6.42 Å². The second kappa shape index (κ2) is 4.38. The summed E-state index contributed by atoms with van der Waals surface area (Å²) in [5, 5.41) is 2.82. The maximum atomic E-state index is 11.9. The van der Waals surface area contributed by atoms with Crippen LogP contribution in [0.15, 0.2) is 12.3 Å². The van der Waals surface area contributed by atoms with Crippen LogP contribution >= 0.6 is 0 Å². The maximum absolute atomic E-state index is 11.9. The van der Waals surface area contributed by atoms with Crippen LogP contribution in [0.5, 0.6) is 0 Å². The van der Waals surface area contributed by atoms with Crippen molar-refractivity contribution >= 4 is 11.9 Å². The number of fused-ring (bicyclic) bond motifs is 1. The van der Waals surface area contributed by atoms with Gasteiger partial charge in [-0.25, -0.2) is 9.97 Å². The SMILES string of the molecule is C#Cc1cnc(N)nc1-c1cc2c(n1C)CCNC2=O. The lowest BCUT2D eigenvalue weighted by atomic mass is 10.1. The number of anilines is 1. The second-order valence-corrected chi connectivity index (χ2v) is 4.59. The molecule has 2 aromatic heterocycles. The molecule has 0 atom stereocenters. The molecule has 2 aromatic rings. The molecule has 3 rings (SSSR count). The number of rotatable bonds is 1. The van der Waals surface area contributed by atoms with Crippen molar-refractivity contribution in [2.24, 2.45) is 7.05 Å². The van der Waals surface area contributed by atoms with E-state index in [1.807, 2.05) is 11.6 Å². The first-order chi connectivity index (χ1) is 9.61. The predicted octanol–water partition coefficient (Wildman–Crippen LogP) is 0.331. The Balaban J connectivity index is 2.24. The van der Waals surface area contributed by atoms with Crippen LogP contribution in [0.1, 0.15) is 21.6 Å². The first kappa shape index (κ1) is 12.2. The monoisotopic (exact) mass is 267 g/mol. The van der Waals surface area contributed by atoms with Crippen molar-refractivity contribution in [3.05, 3.63) is 29.1 Å². The van der Waals surface area contributed by atoms with Gasteiger partial charge in [0.2, 0.25) is 5.95 Å². The van der Waals surface area contributed by atoms with Crippen LogP contribution in [0.3, 0.4) is 0 Å². The summed E-state index contributed by atoms with van der Waals surface area (Å²) in [7, 11) is 1.89. The molecule has 0 spiro atoms. The Labute approximate surface area is 116 Å². The number of nitrogens with one attached hydrogen (secondary N) is 1. The number of carbonyl (C=O) groups excluding carboxylic acids is 1. The van der Waals surface area contributed by atoms with Gasteiger partial charge in [0.25, 0.3) is 5.91 Å². The van der Waals surface area contributed by atoms with Crippen molar-refractivity contribution < 1.29 is 4.79 Å². The molecule has 20 heavy (non-hydrogen) atoms. The summed E-state index contributed by atoms with van der Waals surface area (Å²) in [5.41, 5.74) is 9.18. The van der Waals surface area contributed by atoms with E-state index in [1.54, 1.807) is 6.07 Å². The molecule has 1 aliphatic heterocycles. The summed E-state index contributed by atoms with van der Waals surface area (Å²) in [6.45, 7) is 0.636. The fourth-order valence-corrected chi connectivity index (χ4v) is 2.46. The fourth-order valence-electron chi connectivity index (χ4n) is 2.46. The topological polar surface area (TPSA) is 85.8 Å². The standard InChI is InChI=1S/C14H13N5O/c1-3-8-7-17-14(15)18-12(8)11-6-9-10(19(11)2)4-5-16-13(9)20/h1,6-7H,4-5H2,2H3,(H,16,20)(H2,15,17,18). The molecule has 0 radical (unpaired) electrons. The normalized spacial score (nSPS) is 13.5. The van der Waals surface area contributed by atoms with E-state index in [0.717, 1.165) is 17.8 Å². The van der Waals surface area contributed by atoms with Crippen molar-refractivity contribution in [2.75, 3.05) is 12.3 Å². The highest BCUT2D eigenvalue weighted by Gasteiger charge is 2.24. The molecule has 0 bridgehead atoms. The quantitative estimate of drug-likeness (QED) is 0.729. The highest BCUT2D eigenvalue weighted by molar-refractivity contribution is 5.98. The Morgan fingerprint density at radius 3 is 3.05 bits per heavy atom. The van der Waals surface area contributed by atoms with E-state index in [0.29, 0.717) is 23.4 Å². The first-order valence-corrected chi connectivity index (χ1v) is 6.18. The Morgan fingerprint density at radius 1 is 1.55 bits per heavy atom. The third-order valence-electron chi connectivity index (χ3n) is 3.46. The Morgan fingerprint density at radius 2 is 2.35 bits per heavy atom. The van der Waals surface area contributed by atoms with Gasteiger partial charge in [-0.1, -0.05) is 5.92 Å². The van der Waals surface area contributed by atoms with Gasteiger partial charge in [0.05, 0.1) is 16.8 Å². The highest BCUT2D eigenvalue weighted by atomic mass is 16.1. The van der Waals surface area contributed by atoms with Crippen LogP contribution in [0, 0.1) is 12.3 Å². The van der Waals surface area contributed by atoms with E-state index in [9.17, 15) is 4.79 Å². The minimum Gasteiger partial charge on any atom is -0.368 e. The van der Waals surface area contributed by atoms with Crippen LogP contribution in [0.2, 0.25) is 0 Å². The number of hydrogen-bond donors (Lipinski definition) is 2. The van der Waals surface area contributed by atoms with Gasteiger partial charge in [-0.2, -0.15) is 0 Å². The summed E-state index contributed by atoms with van der Waals surface area (Å²) in [5.74, 6) is 2.63. The molecule has 0 aliphatic carbocycles. The molecule has 6 nitrogen and oxygen atoms in total. The molecule has 0 saturated heterocycles. The van der Waals surface area contributed by atoms with Gasteiger partial charge in [-0.05, 0) is 6.07 Å². The van der Waals surface area contributed by atoms with Gasteiger partial charge in [-0.15, -0.1) is 6.42 Å². The molecule has 3 heterocycles. The van der Waals surface area contributed by atoms with E-state index in [1.165, 1.54) is 6.20 Å². The van der Waals surface area contributed by atoms with Crippen molar-refractivity contribution in [1.29, 1.82) is 0 Å². The molecule has 0 unspecified atom stereocenters. The zero-order chi connectivity index (χ0) is 14.3. The number of carbonyl (C=O) groups is 1. The molecule has 0 saturated carbocycles. The number of hydrogen-bond acceptors (Lipinski definition) is 4. The molecule has 0 aromatic carbocycles. The Bertz CT molecular complexity index is 754. The minimum atomic E-state index is -0.0719. The molecular weight excluding hydrogens is 254 g/mol. The average molecular weight is 267 g/mol. The number of nitrogens with zero attached hydrogens (tertiary/aromatic N) is 3. The summed E-state index contributed by atoms with van der Waals surface area (Å²) >= 11 is 0. The summed E-state index contributed by atoms with van der Waals surface area (Å²) in [6, 6.07) is 1.80. The van der Waals surface area contributed by atoms with Crippen LogP contribution < -0.4 is 11.1 Å². The highest BCUT2D eigenvalue weighted by Crippen LogP contribution is 2.28. The number of nitrogen functional groups attached to an aromatic ring is 1. The minimum absolute atomic E-state index is 0.0719. The molecular formula is C14H13N5O. The fraction of sp³-hybridized carbons (Fsp3) is 0.214. The number of terminal acetylenes is 1. The summed E-state index contributed by atoms with van der Waals surface area (Å²) in [4.78, 5) is 20.0. The van der Waals surface area contributed by atoms with Gasteiger partial charge in [0.1, 0.15) is 5.69 Å². The third kappa shape index (κ3) is 1.72. The number of amides is 1. The first-order valence-electron chi connectivity index (χ1n) is 6.18. The van der Waals surface area contributed by atoms with Crippen molar-refractivity contribution in [3.63, 3.8) is 0 Å². The zero-order valence-electron chi connectivity index (χ0n) is 11.0. The van der Waals surface area contributed by atoms with Crippen LogP contribution in [0.25, 0.3) is 11.4 Å². The van der Waals surface area contributed by atoms with Gasteiger partial charge < -0.3 is 15.6 Å². The van der Waals surface area contributed by atoms with Gasteiger partial charge >= 0.3 is 0 Å². The number of aromatic nitrogens is 3. The Kier molecular flexibility index (Phi) is 2.68. The summed E-state index contributed by atoms with van der Waals surface area (Å²) < 4.78 is 1.94. The zero-order valence-corrected chi connectivity index (χ0v) is 11.0.